The van der Waals surface area contributed by atoms with Gasteiger partial charge in [0.25, 0.3) is 0 Å². The van der Waals surface area contributed by atoms with Crippen molar-refractivity contribution in [2.45, 2.75) is 26.2 Å². The van der Waals surface area contributed by atoms with E-state index in [0.717, 1.165) is 12.1 Å². The van der Waals surface area contributed by atoms with Crippen LogP contribution in [0.4, 0.5) is 4.79 Å². The van der Waals surface area contributed by atoms with Crippen molar-refractivity contribution in [3.8, 4) is 0 Å². The summed E-state index contributed by atoms with van der Waals surface area (Å²) in [5, 5.41) is 3.96. The maximum Gasteiger partial charge on any atom is 0.332 e. The second-order valence-corrected chi connectivity index (χ2v) is 3.60. The van der Waals surface area contributed by atoms with Crippen molar-refractivity contribution in [1.29, 1.82) is 0 Å². The molecule has 2 amide bonds. The Morgan fingerprint density at radius 1 is 1.44 bits per heavy atom. The average molecular weight is 219 g/mol. The number of nitrogens with zero attached hydrogens (tertiary/aromatic N) is 1. The monoisotopic (exact) mass is 219 g/mol. The highest BCUT2D eigenvalue weighted by Gasteiger charge is 2.12. The predicted molar refractivity (Wildman–Crippen MR) is 65.3 cm³/mol. The molecule has 0 aliphatic rings. The van der Waals surface area contributed by atoms with E-state index in [1.165, 1.54) is 5.56 Å². The SMILES string of the molecule is CCC(/C(C)=N/NC(N)=O)c1ccccc1. The minimum Gasteiger partial charge on any atom is -0.350 e. The van der Waals surface area contributed by atoms with E-state index in [1.54, 1.807) is 0 Å². The molecule has 0 fully saturated rings. The number of carbonyl (C=O) groups excluding carboxylic acids is 1. The number of primary amides is 1. The first-order valence-corrected chi connectivity index (χ1v) is 5.29. The molecule has 1 rings (SSSR count). The van der Waals surface area contributed by atoms with E-state index >= 15 is 0 Å². The van der Waals surface area contributed by atoms with E-state index in [2.05, 4.69) is 29.6 Å². The van der Waals surface area contributed by atoms with Gasteiger partial charge in [-0.1, -0.05) is 37.3 Å². The van der Waals surface area contributed by atoms with Gasteiger partial charge in [0.05, 0.1) is 0 Å². The van der Waals surface area contributed by atoms with E-state index in [0.29, 0.717) is 0 Å². The van der Waals surface area contributed by atoms with Crippen molar-refractivity contribution in [2.24, 2.45) is 10.8 Å². The molecule has 0 aromatic heterocycles. The molecule has 4 nitrogen and oxygen atoms in total. The van der Waals surface area contributed by atoms with Crippen LogP contribution in [0.3, 0.4) is 0 Å². The Morgan fingerprint density at radius 2 is 2.06 bits per heavy atom. The Labute approximate surface area is 95.5 Å². The summed E-state index contributed by atoms with van der Waals surface area (Å²) in [4.78, 5) is 10.6. The second-order valence-electron chi connectivity index (χ2n) is 3.60. The van der Waals surface area contributed by atoms with Gasteiger partial charge in [-0.3, -0.25) is 0 Å². The number of urea groups is 1. The van der Waals surface area contributed by atoms with Crippen molar-refractivity contribution in [2.75, 3.05) is 0 Å². The second kappa shape index (κ2) is 5.90. The van der Waals surface area contributed by atoms with Gasteiger partial charge >= 0.3 is 6.03 Å². The summed E-state index contributed by atoms with van der Waals surface area (Å²) in [6.07, 6.45) is 0.930. The van der Waals surface area contributed by atoms with Gasteiger partial charge in [-0.2, -0.15) is 5.10 Å². The molecule has 0 aliphatic carbocycles. The maximum atomic E-state index is 10.6. The summed E-state index contributed by atoms with van der Waals surface area (Å²) in [6.45, 7) is 3.97. The van der Waals surface area contributed by atoms with E-state index in [1.807, 2.05) is 25.1 Å². The van der Waals surface area contributed by atoms with Crippen LogP contribution in [0, 0.1) is 0 Å². The number of rotatable bonds is 4. The van der Waals surface area contributed by atoms with Crippen LogP contribution in [-0.4, -0.2) is 11.7 Å². The van der Waals surface area contributed by atoms with Crippen molar-refractivity contribution >= 4 is 11.7 Å². The molecule has 1 unspecified atom stereocenters. The first-order valence-electron chi connectivity index (χ1n) is 5.29. The van der Waals surface area contributed by atoms with Crippen molar-refractivity contribution < 1.29 is 4.79 Å². The van der Waals surface area contributed by atoms with E-state index in [4.69, 9.17) is 5.73 Å². The molecule has 16 heavy (non-hydrogen) atoms. The molecule has 0 saturated heterocycles. The van der Waals surface area contributed by atoms with Crippen LogP contribution in [0.25, 0.3) is 0 Å². The van der Waals surface area contributed by atoms with Crippen molar-refractivity contribution in [1.82, 2.24) is 5.43 Å². The molecule has 0 radical (unpaired) electrons. The topological polar surface area (TPSA) is 67.5 Å². The first kappa shape index (κ1) is 12.2. The highest BCUT2D eigenvalue weighted by atomic mass is 16.2. The number of hydrogen-bond donors (Lipinski definition) is 2. The number of carbonyl (C=O) groups is 1. The Balaban J connectivity index is 2.82. The molecule has 3 N–H and O–H groups in total. The van der Waals surface area contributed by atoms with E-state index in [-0.39, 0.29) is 5.92 Å². The van der Waals surface area contributed by atoms with Crippen LogP contribution in [-0.2, 0) is 0 Å². The van der Waals surface area contributed by atoms with Crippen LogP contribution in [0.1, 0.15) is 31.7 Å². The number of nitrogens with one attached hydrogen (secondary N) is 1. The summed E-state index contributed by atoms with van der Waals surface area (Å²) in [7, 11) is 0. The Morgan fingerprint density at radius 3 is 2.56 bits per heavy atom. The lowest BCUT2D eigenvalue weighted by atomic mass is 9.92. The van der Waals surface area contributed by atoms with Crippen LogP contribution in [0.5, 0.6) is 0 Å². The molecule has 1 atom stereocenters. The molecule has 1 aromatic carbocycles. The minimum atomic E-state index is -0.637. The lowest BCUT2D eigenvalue weighted by Gasteiger charge is -2.14. The Kier molecular flexibility index (Phi) is 4.51. The molecular weight excluding hydrogens is 202 g/mol. The summed E-state index contributed by atoms with van der Waals surface area (Å²) in [6, 6.07) is 9.43. The average Bonchev–Trinajstić information content (AvgIpc) is 2.29. The van der Waals surface area contributed by atoms with Gasteiger partial charge in [-0.25, -0.2) is 10.2 Å². The third kappa shape index (κ3) is 3.38. The van der Waals surface area contributed by atoms with Gasteiger partial charge in [-0.05, 0) is 18.9 Å². The van der Waals surface area contributed by atoms with Crippen LogP contribution < -0.4 is 11.2 Å². The number of amides is 2. The fourth-order valence-electron chi connectivity index (χ4n) is 1.68. The molecule has 0 aliphatic heterocycles. The fraction of sp³-hybridized carbons (Fsp3) is 0.333. The quantitative estimate of drug-likeness (QED) is 0.591. The number of benzene rings is 1. The summed E-state index contributed by atoms with van der Waals surface area (Å²) < 4.78 is 0. The zero-order chi connectivity index (χ0) is 12.0. The first-order chi connectivity index (χ1) is 7.65. The largest absolute Gasteiger partial charge is 0.350 e. The van der Waals surface area contributed by atoms with Crippen molar-refractivity contribution in [3.63, 3.8) is 0 Å². The summed E-state index contributed by atoms with van der Waals surface area (Å²) in [5.41, 5.74) is 9.27. The third-order valence-corrected chi connectivity index (χ3v) is 2.46. The highest BCUT2D eigenvalue weighted by molar-refractivity contribution is 5.89. The summed E-state index contributed by atoms with van der Waals surface area (Å²) in [5.74, 6) is 0.216. The molecule has 1 aromatic rings. The standard InChI is InChI=1S/C12H17N3O/c1-3-11(9(2)14-15-12(13)16)10-7-5-4-6-8-10/h4-8,11H,3H2,1-2H3,(H3,13,15,16)/b14-9+. The van der Waals surface area contributed by atoms with Gasteiger partial charge < -0.3 is 5.73 Å². The molecule has 0 heterocycles. The predicted octanol–water partition coefficient (Wildman–Crippen LogP) is 2.22. The zero-order valence-electron chi connectivity index (χ0n) is 9.60. The van der Waals surface area contributed by atoms with E-state index in [9.17, 15) is 4.79 Å². The molecule has 0 bridgehead atoms. The number of hydrazone groups is 1. The molecule has 0 spiro atoms. The minimum absolute atomic E-state index is 0.216. The lowest BCUT2D eigenvalue weighted by Crippen LogP contribution is -2.26. The van der Waals surface area contributed by atoms with E-state index < -0.39 is 6.03 Å². The van der Waals surface area contributed by atoms with Gasteiger partial charge in [0.15, 0.2) is 0 Å². The molecule has 0 saturated carbocycles. The molecule has 86 valence electrons. The Hall–Kier alpha value is -1.84. The smallest absolute Gasteiger partial charge is 0.332 e. The highest BCUT2D eigenvalue weighted by Crippen LogP contribution is 2.20. The van der Waals surface area contributed by atoms with Gasteiger partial charge in [0.2, 0.25) is 0 Å². The third-order valence-electron chi connectivity index (χ3n) is 2.46. The number of hydrogen-bond acceptors (Lipinski definition) is 2. The van der Waals surface area contributed by atoms with Gasteiger partial charge in [-0.15, -0.1) is 0 Å². The normalized spacial score (nSPS) is 13.2. The van der Waals surface area contributed by atoms with Gasteiger partial charge in [0, 0.05) is 11.6 Å². The lowest BCUT2D eigenvalue weighted by molar-refractivity contribution is 0.249. The van der Waals surface area contributed by atoms with Crippen molar-refractivity contribution in [3.05, 3.63) is 35.9 Å². The maximum absolute atomic E-state index is 10.6. The fourth-order valence-corrected chi connectivity index (χ4v) is 1.68. The molecular formula is C12H17N3O. The molecule has 4 heteroatoms. The van der Waals surface area contributed by atoms with Gasteiger partial charge in [0.1, 0.15) is 0 Å². The van der Waals surface area contributed by atoms with Crippen LogP contribution in [0.15, 0.2) is 35.4 Å². The summed E-state index contributed by atoms with van der Waals surface area (Å²) >= 11 is 0. The zero-order valence-corrected chi connectivity index (χ0v) is 9.60. The van der Waals surface area contributed by atoms with Crippen LogP contribution in [0.2, 0.25) is 0 Å². The Bertz CT molecular complexity index is 373. The van der Waals surface area contributed by atoms with Crippen LogP contribution >= 0.6 is 0 Å². The number of nitrogens with two attached hydrogens (primary N) is 1.